The third-order valence-corrected chi connectivity index (χ3v) is 3.16. The maximum Gasteiger partial charge on any atom is 0.254 e. The molecule has 1 heterocycles. The van der Waals surface area contributed by atoms with E-state index < -0.39 is 6.10 Å². The molecule has 1 fully saturated rings. The van der Waals surface area contributed by atoms with E-state index >= 15 is 0 Å². The molecule has 19 heavy (non-hydrogen) atoms. The molecule has 1 unspecified atom stereocenters. The van der Waals surface area contributed by atoms with E-state index in [1.165, 1.54) is 0 Å². The molecule has 0 saturated carbocycles. The number of carbonyl (C=O) groups is 1. The molecule has 1 aromatic rings. The highest BCUT2D eigenvalue weighted by Gasteiger charge is 2.25. The number of hydrogen-bond donors (Lipinski definition) is 1. The molecule has 1 aliphatic rings. The van der Waals surface area contributed by atoms with Crippen molar-refractivity contribution < 1.29 is 9.53 Å². The lowest BCUT2D eigenvalue weighted by Crippen LogP contribution is -2.45. The van der Waals surface area contributed by atoms with Crippen LogP contribution in [0.2, 0.25) is 0 Å². The van der Waals surface area contributed by atoms with Crippen LogP contribution >= 0.6 is 0 Å². The van der Waals surface area contributed by atoms with Crippen molar-refractivity contribution in [2.75, 3.05) is 26.2 Å². The zero-order valence-electron chi connectivity index (χ0n) is 10.7. The Morgan fingerprint density at radius 3 is 3.05 bits per heavy atom. The highest BCUT2D eigenvalue weighted by atomic mass is 16.5. The molecular weight excluding hydrogens is 242 g/mol. The molecule has 0 radical (unpaired) electrons. The number of nitriles is 1. The van der Waals surface area contributed by atoms with Gasteiger partial charge in [0, 0.05) is 12.1 Å². The van der Waals surface area contributed by atoms with Crippen LogP contribution in [0.25, 0.3) is 0 Å². The number of benzene rings is 1. The molecule has 0 aromatic heterocycles. The number of nitrogens with two attached hydrogens (primary N) is 1. The fraction of sp³-hybridized carbons (Fsp3) is 0.429. The van der Waals surface area contributed by atoms with Crippen LogP contribution < -0.4 is 5.73 Å². The zero-order chi connectivity index (χ0) is 13.7. The van der Waals surface area contributed by atoms with Gasteiger partial charge in [-0.15, -0.1) is 0 Å². The fourth-order valence-electron chi connectivity index (χ4n) is 2.18. The first-order chi connectivity index (χ1) is 9.26. The number of hydrogen-bond acceptors (Lipinski definition) is 4. The summed E-state index contributed by atoms with van der Waals surface area (Å²) in [6.45, 7) is 1.76. The van der Waals surface area contributed by atoms with Gasteiger partial charge in [0.05, 0.1) is 19.2 Å². The lowest BCUT2D eigenvalue weighted by Gasteiger charge is -2.30. The van der Waals surface area contributed by atoms with Crippen molar-refractivity contribution in [3.8, 4) is 6.07 Å². The maximum absolute atomic E-state index is 12.5. The average molecular weight is 259 g/mol. The first kappa shape index (κ1) is 13.5. The molecule has 1 amide bonds. The molecule has 1 aromatic carbocycles. The minimum Gasteiger partial charge on any atom is -0.360 e. The average Bonchev–Trinajstić information content (AvgIpc) is 2.47. The van der Waals surface area contributed by atoms with Gasteiger partial charge in [-0.3, -0.25) is 4.79 Å². The lowest BCUT2D eigenvalue weighted by molar-refractivity contribution is 0.00342. The Hall–Kier alpha value is -1.90. The van der Waals surface area contributed by atoms with E-state index in [9.17, 15) is 4.79 Å². The molecule has 0 aliphatic carbocycles. The van der Waals surface area contributed by atoms with E-state index in [1.807, 2.05) is 30.3 Å². The summed E-state index contributed by atoms with van der Waals surface area (Å²) >= 11 is 0. The minimum atomic E-state index is -0.528. The van der Waals surface area contributed by atoms with Gasteiger partial charge in [-0.1, -0.05) is 18.2 Å². The second-order valence-electron chi connectivity index (χ2n) is 4.44. The number of morpholine rings is 1. The summed E-state index contributed by atoms with van der Waals surface area (Å²) in [6, 6.07) is 9.52. The number of nitrogens with zero attached hydrogens (tertiary/aromatic N) is 2. The Kier molecular flexibility index (Phi) is 4.50. The molecule has 5 heteroatoms. The van der Waals surface area contributed by atoms with Crippen LogP contribution in [-0.2, 0) is 11.2 Å². The van der Waals surface area contributed by atoms with Crippen LogP contribution in [0, 0.1) is 11.3 Å². The Labute approximate surface area is 112 Å². The molecule has 5 nitrogen and oxygen atoms in total. The molecule has 0 bridgehead atoms. The summed E-state index contributed by atoms with van der Waals surface area (Å²) in [7, 11) is 0. The van der Waals surface area contributed by atoms with Gasteiger partial charge in [-0.25, -0.2) is 0 Å². The summed E-state index contributed by atoms with van der Waals surface area (Å²) in [5, 5.41) is 8.87. The largest absolute Gasteiger partial charge is 0.360 e. The highest BCUT2D eigenvalue weighted by molar-refractivity contribution is 5.95. The van der Waals surface area contributed by atoms with Gasteiger partial charge >= 0.3 is 0 Å². The molecule has 2 rings (SSSR count). The van der Waals surface area contributed by atoms with Crippen LogP contribution in [0.15, 0.2) is 24.3 Å². The third-order valence-electron chi connectivity index (χ3n) is 3.16. The Morgan fingerprint density at radius 1 is 1.53 bits per heavy atom. The minimum absolute atomic E-state index is 0.0485. The van der Waals surface area contributed by atoms with Crippen molar-refractivity contribution in [2.24, 2.45) is 5.73 Å². The fourth-order valence-corrected chi connectivity index (χ4v) is 2.18. The molecular formula is C14H17N3O2. The van der Waals surface area contributed by atoms with Crippen molar-refractivity contribution in [3.63, 3.8) is 0 Å². The second kappa shape index (κ2) is 6.32. The summed E-state index contributed by atoms with van der Waals surface area (Å²) < 4.78 is 5.25. The van der Waals surface area contributed by atoms with Gasteiger partial charge in [-0.2, -0.15) is 5.26 Å². The third kappa shape index (κ3) is 3.11. The van der Waals surface area contributed by atoms with Crippen LogP contribution in [0.4, 0.5) is 0 Å². The van der Waals surface area contributed by atoms with Crippen LogP contribution in [0.5, 0.6) is 0 Å². The highest BCUT2D eigenvalue weighted by Crippen LogP contribution is 2.15. The van der Waals surface area contributed by atoms with Crippen molar-refractivity contribution in [1.82, 2.24) is 4.90 Å². The monoisotopic (exact) mass is 259 g/mol. The van der Waals surface area contributed by atoms with Gasteiger partial charge < -0.3 is 15.4 Å². The van der Waals surface area contributed by atoms with Crippen LogP contribution in [-0.4, -0.2) is 43.2 Å². The SMILES string of the molecule is N#CC1CN(C(=O)c2ccccc2CCN)CCO1. The number of amides is 1. The molecule has 100 valence electrons. The first-order valence-corrected chi connectivity index (χ1v) is 6.34. The molecule has 0 spiro atoms. The van der Waals surface area contributed by atoms with E-state index in [0.717, 1.165) is 5.56 Å². The van der Waals surface area contributed by atoms with E-state index in [-0.39, 0.29) is 5.91 Å². The molecule has 1 atom stereocenters. The summed E-state index contributed by atoms with van der Waals surface area (Å²) in [5.74, 6) is -0.0485. The molecule has 1 aliphatic heterocycles. The second-order valence-corrected chi connectivity index (χ2v) is 4.44. The predicted molar refractivity (Wildman–Crippen MR) is 70.5 cm³/mol. The summed E-state index contributed by atoms with van der Waals surface area (Å²) in [5.41, 5.74) is 7.19. The predicted octanol–water partition coefficient (Wildman–Crippen LogP) is 0.552. The number of rotatable bonds is 3. The van der Waals surface area contributed by atoms with Gasteiger partial charge in [-0.05, 0) is 24.6 Å². The maximum atomic E-state index is 12.5. The lowest BCUT2D eigenvalue weighted by atomic mass is 10.0. The van der Waals surface area contributed by atoms with Crippen molar-refractivity contribution in [1.29, 1.82) is 5.26 Å². The van der Waals surface area contributed by atoms with Gasteiger partial charge in [0.2, 0.25) is 0 Å². The van der Waals surface area contributed by atoms with E-state index in [2.05, 4.69) is 0 Å². The van der Waals surface area contributed by atoms with Crippen molar-refractivity contribution >= 4 is 5.91 Å². The first-order valence-electron chi connectivity index (χ1n) is 6.34. The molecule has 2 N–H and O–H groups in total. The Bertz CT molecular complexity index is 496. The quantitative estimate of drug-likeness (QED) is 0.859. The van der Waals surface area contributed by atoms with Crippen LogP contribution in [0.1, 0.15) is 15.9 Å². The summed E-state index contributed by atoms with van der Waals surface area (Å²) in [4.78, 5) is 14.2. The van der Waals surface area contributed by atoms with Crippen molar-refractivity contribution in [3.05, 3.63) is 35.4 Å². The zero-order valence-corrected chi connectivity index (χ0v) is 10.7. The number of ether oxygens (including phenoxy) is 1. The smallest absolute Gasteiger partial charge is 0.254 e. The van der Waals surface area contributed by atoms with Gasteiger partial charge in [0.25, 0.3) is 5.91 Å². The van der Waals surface area contributed by atoms with Crippen molar-refractivity contribution in [2.45, 2.75) is 12.5 Å². The molecule has 1 saturated heterocycles. The van der Waals surface area contributed by atoms with Crippen LogP contribution in [0.3, 0.4) is 0 Å². The topological polar surface area (TPSA) is 79.4 Å². The van der Waals surface area contributed by atoms with Gasteiger partial charge in [0.1, 0.15) is 0 Å². The summed E-state index contributed by atoms with van der Waals surface area (Å²) in [6.07, 6.45) is 0.146. The normalized spacial score (nSPS) is 18.9. The Balaban J connectivity index is 2.17. The Morgan fingerprint density at radius 2 is 2.32 bits per heavy atom. The van der Waals surface area contributed by atoms with Gasteiger partial charge in [0.15, 0.2) is 6.10 Å². The van der Waals surface area contributed by atoms with E-state index in [4.69, 9.17) is 15.7 Å². The number of carbonyl (C=O) groups excluding carboxylic acids is 1. The standard InChI is InChI=1S/C14H17N3O2/c15-6-5-11-3-1-2-4-13(11)14(18)17-7-8-19-12(9-16)10-17/h1-4,12H,5-8,10,15H2. The van der Waals surface area contributed by atoms with E-state index in [0.29, 0.717) is 38.2 Å². The van der Waals surface area contributed by atoms with E-state index in [1.54, 1.807) is 4.90 Å².